The summed E-state index contributed by atoms with van der Waals surface area (Å²) >= 11 is 5.82. The van der Waals surface area contributed by atoms with Gasteiger partial charge >= 0.3 is 0 Å². The van der Waals surface area contributed by atoms with Crippen molar-refractivity contribution in [2.75, 3.05) is 32.8 Å². The molecule has 2 unspecified atom stereocenters. The zero-order valence-electron chi connectivity index (χ0n) is 12.2. The maximum Gasteiger partial charge on any atom is 0.119 e. The second-order valence-corrected chi connectivity index (χ2v) is 6.51. The molecule has 3 aliphatic heterocycles. The number of fused-ring (bicyclic) bond motifs is 3. The molecule has 2 atom stereocenters. The minimum Gasteiger partial charge on any atom is -0.491 e. The Morgan fingerprint density at radius 2 is 2.00 bits per heavy atom. The molecule has 0 spiro atoms. The number of piperidine rings is 3. The van der Waals surface area contributed by atoms with Gasteiger partial charge in [-0.25, -0.2) is 0 Å². The van der Waals surface area contributed by atoms with E-state index >= 15 is 0 Å². The Bertz CT molecular complexity index is 446. The number of aliphatic hydroxyl groups is 1. The Morgan fingerprint density at radius 3 is 2.62 bits per heavy atom. The van der Waals surface area contributed by atoms with E-state index in [1.165, 1.54) is 25.9 Å². The minimum absolute atomic E-state index is 0.301. The third kappa shape index (κ3) is 4.10. The van der Waals surface area contributed by atoms with Gasteiger partial charge in [0.05, 0.1) is 0 Å². The SMILES string of the molecule is OC(CNC1CN2CCC1CC2)COc1ccc(Cl)cc1. The molecule has 1 aromatic rings. The van der Waals surface area contributed by atoms with Crippen LogP contribution in [-0.4, -0.2) is 54.9 Å². The molecule has 0 amide bonds. The van der Waals surface area contributed by atoms with Crippen LogP contribution in [0.25, 0.3) is 0 Å². The number of hydrogen-bond donors (Lipinski definition) is 2. The molecule has 1 aromatic carbocycles. The molecule has 0 radical (unpaired) electrons. The molecule has 0 aliphatic carbocycles. The molecular weight excluding hydrogens is 288 g/mol. The van der Waals surface area contributed by atoms with E-state index in [-0.39, 0.29) is 0 Å². The van der Waals surface area contributed by atoms with Crippen molar-refractivity contribution in [1.29, 1.82) is 0 Å². The van der Waals surface area contributed by atoms with Gasteiger partial charge in [0.2, 0.25) is 0 Å². The summed E-state index contributed by atoms with van der Waals surface area (Å²) in [6.07, 6.45) is 2.08. The van der Waals surface area contributed by atoms with E-state index in [2.05, 4.69) is 10.2 Å². The van der Waals surface area contributed by atoms with E-state index in [4.69, 9.17) is 16.3 Å². The predicted octanol–water partition coefficient (Wildman–Crippen LogP) is 1.76. The molecule has 0 saturated carbocycles. The van der Waals surface area contributed by atoms with Crippen LogP contribution in [0.1, 0.15) is 12.8 Å². The first-order valence-electron chi connectivity index (χ1n) is 7.73. The Morgan fingerprint density at radius 1 is 1.29 bits per heavy atom. The van der Waals surface area contributed by atoms with Gasteiger partial charge in [-0.3, -0.25) is 0 Å². The zero-order chi connectivity index (χ0) is 14.7. The van der Waals surface area contributed by atoms with E-state index in [9.17, 15) is 5.11 Å². The quantitative estimate of drug-likeness (QED) is 0.840. The van der Waals surface area contributed by atoms with Crippen molar-refractivity contribution >= 4 is 11.6 Å². The molecule has 3 fully saturated rings. The summed E-state index contributed by atoms with van der Waals surface area (Å²) in [5.41, 5.74) is 0. The summed E-state index contributed by atoms with van der Waals surface area (Å²) in [5.74, 6) is 1.51. The molecule has 2 bridgehead atoms. The van der Waals surface area contributed by atoms with Gasteiger partial charge in [0.1, 0.15) is 18.5 Å². The highest BCUT2D eigenvalue weighted by Crippen LogP contribution is 2.27. The molecule has 4 nitrogen and oxygen atoms in total. The number of halogens is 1. The molecule has 4 rings (SSSR count). The van der Waals surface area contributed by atoms with Gasteiger partial charge < -0.3 is 20.1 Å². The average molecular weight is 311 g/mol. The van der Waals surface area contributed by atoms with Crippen LogP contribution < -0.4 is 10.1 Å². The molecule has 21 heavy (non-hydrogen) atoms. The minimum atomic E-state index is -0.490. The highest BCUT2D eigenvalue weighted by molar-refractivity contribution is 6.30. The van der Waals surface area contributed by atoms with E-state index in [1.807, 2.05) is 12.1 Å². The van der Waals surface area contributed by atoms with Crippen LogP contribution in [0.15, 0.2) is 24.3 Å². The molecule has 3 saturated heterocycles. The maximum atomic E-state index is 10.0. The number of hydrogen-bond acceptors (Lipinski definition) is 4. The van der Waals surface area contributed by atoms with Crippen molar-refractivity contribution in [2.24, 2.45) is 5.92 Å². The highest BCUT2D eigenvalue weighted by Gasteiger charge is 2.33. The molecule has 116 valence electrons. The first kappa shape index (κ1) is 15.1. The van der Waals surface area contributed by atoms with Crippen molar-refractivity contribution in [3.05, 3.63) is 29.3 Å². The van der Waals surface area contributed by atoms with Crippen molar-refractivity contribution in [3.8, 4) is 5.75 Å². The van der Waals surface area contributed by atoms with Gasteiger partial charge in [-0.05, 0) is 56.1 Å². The predicted molar refractivity (Wildman–Crippen MR) is 83.9 cm³/mol. The summed E-state index contributed by atoms with van der Waals surface area (Å²) in [6, 6.07) is 7.73. The van der Waals surface area contributed by atoms with Crippen LogP contribution in [0.2, 0.25) is 5.02 Å². The first-order valence-corrected chi connectivity index (χ1v) is 8.10. The summed E-state index contributed by atoms with van der Waals surface area (Å²) in [5, 5.41) is 14.2. The topological polar surface area (TPSA) is 44.7 Å². The number of ether oxygens (including phenoxy) is 1. The number of nitrogens with one attached hydrogen (secondary N) is 1. The Labute approximate surface area is 131 Å². The van der Waals surface area contributed by atoms with Gasteiger partial charge in [-0.2, -0.15) is 0 Å². The summed E-state index contributed by atoms with van der Waals surface area (Å²) < 4.78 is 5.57. The summed E-state index contributed by atoms with van der Waals surface area (Å²) in [7, 11) is 0. The van der Waals surface area contributed by atoms with Crippen molar-refractivity contribution in [1.82, 2.24) is 10.2 Å². The van der Waals surface area contributed by atoms with Gasteiger partial charge in [0.15, 0.2) is 0 Å². The van der Waals surface area contributed by atoms with Gasteiger partial charge in [-0.1, -0.05) is 11.6 Å². The third-order valence-electron chi connectivity index (χ3n) is 4.53. The zero-order valence-corrected chi connectivity index (χ0v) is 12.9. The molecular formula is C16H23ClN2O2. The highest BCUT2D eigenvalue weighted by atomic mass is 35.5. The first-order chi connectivity index (χ1) is 10.2. The number of rotatable bonds is 6. The van der Waals surface area contributed by atoms with Crippen LogP contribution in [0.3, 0.4) is 0 Å². The second kappa shape index (κ2) is 6.97. The third-order valence-corrected chi connectivity index (χ3v) is 4.78. The lowest BCUT2D eigenvalue weighted by molar-refractivity contribution is 0.0551. The van der Waals surface area contributed by atoms with Crippen LogP contribution in [0.5, 0.6) is 5.75 Å². The molecule has 2 N–H and O–H groups in total. The largest absolute Gasteiger partial charge is 0.491 e. The van der Waals surface area contributed by atoms with E-state index in [0.29, 0.717) is 24.2 Å². The monoisotopic (exact) mass is 310 g/mol. The molecule has 0 aromatic heterocycles. The van der Waals surface area contributed by atoms with Gasteiger partial charge in [-0.15, -0.1) is 0 Å². The van der Waals surface area contributed by atoms with Crippen molar-refractivity contribution in [3.63, 3.8) is 0 Å². The molecule has 3 heterocycles. The van der Waals surface area contributed by atoms with Crippen LogP contribution in [-0.2, 0) is 0 Å². The summed E-state index contributed by atoms with van der Waals surface area (Å²) in [4.78, 5) is 2.51. The van der Waals surface area contributed by atoms with Crippen molar-refractivity contribution < 1.29 is 9.84 Å². The smallest absolute Gasteiger partial charge is 0.119 e. The summed E-state index contributed by atoms with van der Waals surface area (Å²) in [6.45, 7) is 4.49. The lowest BCUT2D eigenvalue weighted by atomic mass is 9.84. The van der Waals surface area contributed by atoms with Gasteiger partial charge in [0.25, 0.3) is 0 Å². The van der Waals surface area contributed by atoms with Crippen LogP contribution in [0, 0.1) is 5.92 Å². The molecule has 5 heteroatoms. The van der Waals surface area contributed by atoms with Crippen LogP contribution >= 0.6 is 11.6 Å². The second-order valence-electron chi connectivity index (χ2n) is 6.07. The maximum absolute atomic E-state index is 10.0. The van der Waals surface area contributed by atoms with E-state index in [1.54, 1.807) is 12.1 Å². The standard InChI is InChI=1S/C16H23ClN2O2/c17-13-1-3-15(4-2-13)21-11-14(20)9-18-16-10-19-7-5-12(16)6-8-19/h1-4,12,14,16,18,20H,5-11H2. The average Bonchev–Trinajstić information content (AvgIpc) is 2.53. The number of aliphatic hydroxyl groups excluding tert-OH is 1. The lowest BCUT2D eigenvalue weighted by Crippen LogP contribution is -2.57. The fraction of sp³-hybridized carbons (Fsp3) is 0.625. The van der Waals surface area contributed by atoms with E-state index < -0.39 is 6.10 Å². The number of benzene rings is 1. The fourth-order valence-corrected chi connectivity index (χ4v) is 3.39. The normalized spacial score (nSPS) is 29.3. The van der Waals surface area contributed by atoms with E-state index in [0.717, 1.165) is 18.2 Å². The Kier molecular flexibility index (Phi) is 5.01. The van der Waals surface area contributed by atoms with Crippen molar-refractivity contribution in [2.45, 2.75) is 25.0 Å². The lowest BCUT2D eigenvalue weighted by Gasteiger charge is -2.45. The Balaban J connectivity index is 1.38. The Hall–Kier alpha value is -0.810. The van der Waals surface area contributed by atoms with Crippen LogP contribution in [0.4, 0.5) is 0 Å². The van der Waals surface area contributed by atoms with Gasteiger partial charge in [0, 0.05) is 24.2 Å². The molecule has 3 aliphatic rings. The number of nitrogens with zero attached hydrogens (tertiary/aromatic N) is 1. The fourth-order valence-electron chi connectivity index (χ4n) is 3.27.